The zero-order valence-electron chi connectivity index (χ0n) is 21.0. The van der Waals surface area contributed by atoms with Crippen molar-refractivity contribution < 1.29 is 9.59 Å². The molecule has 1 fully saturated rings. The third-order valence-corrected chi connectivity index (χ3v) is 7.11. The Labute approximate surface area is 212 Å². The lowest BCUT2D eigenvalue weighted by atomic mass is 9.98. The molecule has 4 aromatic rings. The summed E-state index contributed by atoms with van der Waals surface area (Å²) >= 11 is 0. The van der Waals surface area contributed by atoms with Crippen molar-refractivity contribution >= 4 is 22.7 Å². The monoisotopic (exact) mass is 477 g/mol. The number of benzene rings is 3. The quantitative estimate of drug-likeness (QED) is 0.400. The van der Waals surface area contributed by atoms with Crippen LogP contribution in [0.2, 0.25) is 0 Å². The molecule has 3 aromatic carbocycles. The van der Waals surface area contributed by atoms with Gasteiger partial charge in [0.25, 0.3) is 11.8 Å². The molecule has 36 heavy (non-hydrogen) atoms. The van der Waals surface area contributed by atoms with Crippen LogP contribution < -0.4 is 5.32 Å². The van der Waals surface area contributed by atoms with Gasteiger partial charge in [-0.15, -0.1) is 0 Å². The normalized spacial score (nSPS) is 14.1. The number of rotatable bonds is 4. The van der Waals surface area contributed by atoms with Crippen LogP contribution in [0.25, 0.3) is 22.2 Å². The van der Waals surface area contributed by atoms with E-state index in [4.69, 9.17) is 4.98 Å². The van der Waals surface area contributed by atoms with Gasteiger partial charge in [-0.1, -0.05) is 60.2 Å². The van der Waals surface area contributed by atoms with Crippen LogP contribution in [0.15, 0.2) is 72.8 Å². The van der Waals surface area contributed by atoms with Crippen molar-refractivity contribution in [3.05, 3.63) is 101 Å². The second kappa shape index (κ2) is 9.94. The van der Waals surface area contributed by atoms with E-state index in [1.807, 2.05) is 66.4 Å². The Hall–Kier alpha value is -3.99. The number of carbonyl (C=O) groups is 2. The summed E-state index contributed by atoms with van der Waals surface area (Å²) in [4.78, 5) is 33.3. The number of nitrogens with zero attached hydrogens (tertiary/aromatic N) is 2. The average molecular weight is 478 g/mol. The van der Waals surface area contributed by atoms with Crippen LogP contribution in [0.1, 0.15) is 50.2 Å². The van der Waals surface area contributed by atoms with Crippen molar-refractivity contribution in [2.24, 2.45) is 0 Å². The Morgan fingerprint density at radius 1 is 0.833 bits per heavy atom. The molecule has 0 radical (unpaired) electrons. The van der Waals surface area contributed by atoms with Crippen LogP contribution >= 0.6 is 0 Å². The van der Waals surface area contributed by atoms with E-state index < -0.39 is 0 Å². The number of para-hydroxylation sites is 1. The first-order chi connectivity index (χ1) is 17.4. The van der Waals surface area contributed by atoms with E-state index in [0.29, 0.717) is 24.2 Å². The molecule has 5 nitrogen and oxygen atoms in total. The minimum absolute atomic E-state index is 0.0169. The molecule has 0 spiro atoms. The zero-order chi connectivity index (χ0) is 25.2. The van der Waals surface area contributed by atoms with Crippen molar-refractivity contribution in [2.75, 3.05) is 13.1 Å². The lowest BCUT2D eigenvalue weighted by Crippen LogP contribution is -2.46. The van der Waals surface area contributed by atoms with E-state index in [1.165, 1.54) is 5.56 Å². The Balaban J connectivity index is 1.36. The van der Waals surface area contributed by atoms with Crippen molar-refractivity contribution in [1.82, 2.24) is 15.2 Å². The summed E-state index contributed by atoms with van der Waals surface area (Å²) in [6.45, 7) is 7.31. The molecule has 2 amide bonds. The van der Waals surface area contributed by atoms with Gasteiger partial charge in [0.1, 0.15) is 0 Å². The van der Waals surface area contributed by atoms with Crippen LogP contribution in [-0.4, -0.2) is 40.8 Å². The van der Waals surface area contributed by atoms with Crippen LogP contribution in [0.5, 0.6) is 0 Å². The maximum Gasteiger partial charge on any atom is 0.254 e. The molecule has 0 bridgehead atoms. The number of aromatic nitrogens is 1. The minimum Gasteiger partial charge on any atom is -0.349 e. The van der Waals surface area contributed by atoms with Gasteiger partial charge in [-0.05, 0) is 62.9 Å². The van der Waals surface area contributed by atoms with E-state index in [1.54, 1.807) is 0 Å². The van der Waals surface area contributed by atoms with E-state index in [9.17, 15) is 9.59 Å². The smallest absolute Gasteiger partial charge is 0.254 e. The first-order valence-electron chi connectivity index (χ1n) is 12.5. The molecule has 5 rings (SSSR count). The predicted molar refractivity (Wildman–Crippen MR) is 144 cm³/mol. The number of nitrogens with one attached hydrogen (secondary N) is 1. The number of carbonyl (C=O) groups excluding carboxylic acids is 2. The molecule has 1 aromatic heterocycles. The van der Waals surface area contributed by atoms with Gasteiger partial charge in [-0.2, -0.15) is 0 Å². The summed E-state index contributed by atoms with van der Waals surface area (Å²) in [5, 5.41) is 4.03. The number of amides is 2. The molecular weight excluding hydrogens is 446 g/mol. The summed E-state index contributed by atoms with van der Waals surface area (Å²) < 4.78 is 0. The van der Waals surface area contributed by atoms with Gasteiger partial charge in [0, 0.05) is 35.6 Å². The number of pyridine rings is 1. The molecule has 0 aliphatic carbocycles. The fraction of sp³-hybridized carbons (Fsp3) is 0.258. The Morgan fingerprint density at radius 2 is 1.56 bits per heavy atom. The van der Waals surface area contributed by atoms with Crippen molar-refractivity contribution in [1.29, 1.82) is 0 Å². The van der Waals surface area contributed by atoms with E-state index >= 15 is 0 Å². The third kappa shape index (κ3) is 4.74. The van der Waals surface area contributed by atoms with E-state index in [2.05, 4.69) is 37.4 Å². The molecule has 1 aliphatic heterocycles. The van der Waals surface area contributed by atoms with Gasteiger partial charge in [-0.25, -0.2) is 4.98 Å². The van der Waals surface area contributed by atoms with Gasteiger partial charge in [0.2, 0.25) is 0 Å². The maximum atomic E-state index is 13.7. The van der Waals surface area contributed by atoms with Crippen molar-refractivity contribution in [3.63, 3.8) is 0 Å². The van der Waals surface area contributed by atoms with Gasteiger partial charge < -0.3 is 10.2 Å². The van der Waals surface area contributed by atoms with Crippen LogP contribution in [-0.2, 0) is 0 Å². The molecule has 0 unspecified atom stereocenters. The highest BCUT2D eigenvalue weighted by atomic mass is 16.2. The molecule has 1 N–H and O–H groups in total. The predicted octanol–water partition coefficient (Wildman–Crippen LogP) is 5.86. The standard InChI is InChI=1S/C31H31N3O2/c1-20-12-13-24(22(3)18-20)29-19-27(26-10-6-7-11-28(26)33-29)31(36)34-16-14-23(15-17-34)32-30(35)25-9-5-4-8-21(25)2/h4-13,18-19,23H,14-17H2,1-3H3,(H,32,35). The van der Waals surface area contributed by atoms with E-state index in [-0.39, 0.29) is 17.9 Å². The van der Waals surface area contributed by atoms with Gasteiger partial charge in [-0.3, -0.25) is 9.59 Å². The fourth-order valence-electron chi connectivity index (χ4n) is 5.08. The molecule has 1 saturated heterocycles. The Morgan fingerprint density at radius 3 is 2.31 bits per heavy atom. The molecule has 0 atom stereocenters. The average Bonchev–Trinajstić information content (AvgIpc) is 2.88. The minimum atomic E-state index is -0.0453. The zero-order valence-corrected chi connectivity index (χ0v) is 21.0. The summed E-state index contributed by atoms with van der Waals surface area (Å²) in [5.41, 5.74) is 7.36. The van der Waals surface area contributed by atoms with E-state index in [0.717, 1.165) is 46.1 Å². The Bertz CT molecular complexity index is 1450. The van der Waals surface area contributed by atoms with Crippen LogP contribution in [0.3, 0.4) is 0 Å². The highest BCUT2D eigenvalue weighted by molar-refractivity contribution is 6.07. The van der Waals surface area contributed by atoms with Crippen LogP contribution in [0.4, 0.5) is 0 Å². The molecule has 1 aliphatic rings. The summed E-state index contributed by atoms with van der Waals surface area (Å²) in [6, 6.07) is 23.8. The highest BCUT2D eigenvalue weighted by Crippen LogP contribution is 2.29. The number of aryl methyl sites for hydroxylation is 3. The molecular formula is C31H31N3O2. The summed E-state index contributed by atoms with van der Waals surface area (Å²) in [5.74, 6) is -0.0283. The lowest BCUT2D eigenvalue weighted by molar-refractivity contribution is 0.0700. The lowest BCUT2D eigenvalue weighted by Gasteiger charge is -2.33. The van der Waals surface area contributed by atoms with Crippen molar-refractivity contribution in [3.8, 4) is 11.3 Å². The summed E-state index contributed by atoms with van der Waals surface area (Å²) in [7, 11) is 0. The molecule has 0 saturated carbocycles. The van der Waals surface area contributed by atoms with Gasteiger partial charge in [0.15, 0.2) is 0 Å². The van der Waals surface area contributed by atoms with Gasteiger partial charge in [0.05, 0.1) is 16.8 Å². The fourth-order valence-corrected chi connectivity index (χ4v) is 5.08. The number of likely N-dealkylation sites (tertiary alicyclic amines) is 1. The largest absolute Gasteiger partial charge is 0.349 e. The van der Waals surface area contributed by atoms with Crippen LogP contribution in [0, 0.1) is 20.8 Å². The molecule has 5 heteroatoms. The third-order valence-electron chi connectivity index (χ3n) is 7.11. The van der Waals surface area contributed by atoms with Crippen molar-refractivity contribution in [2.45, 2.75) is 39.7 Å². The number of fused-ring (bicyclic) bond motifs is 1. The van der Waals surface area contributed by atoms with Gasteiger partial charge >= 0.3 is 0 Å². The highest BCUT2D eigenvalue weighted by Gasteiger charge is 2.27. The second-order valence-electron chi connectivity index (χ2n) is 9.75. The maximum absolute atomic E-state index is 13.7. The number of hydrogen-bond acceptors (Lipinski definition) is 3. The SMILES string of the molecule is Cc1ccc(-c2cc(C(=O)N3CCC(NC(=O)c4ccccc4C)CC3)c3ccccc3n2)c(C)c1. The second-order valence-corrected chi connectivity index (χ2v) is 9.75. The summed E-state index contributed by atoms with van der Waals surface area (Å²) in [6.07, 6.45) is 1.46. The molecule has 2 heterocycles. The Kier molecular flexibility index (Phi) is 6.55. The number of piperidine rings is 1. The number of hydrogen-bond donors (Lipinski definition) is 1. The first kappa shape index (κ1) is 23.7. The molecule has 182 valence electrons. The topological polar surface area (TPSA) is 62.3 Å². The first-order valence-corrected chi connectivity index (χ1v) is 12.5.